The van der Waals surface area contributed by atoms with Crippen LogP contribution in [0.2, 0.25) is 4.34 Å². The van der Waals surface area contributed by atoms with E-state index in [-0.39, 0.29) is 6.15 Å². The fourth-order valence-electron chi connectivity index (χ4n) is 3.33. The predicted molar refractivity (Wildman–Crippen MR) is 124 cm³/mol. The number of nitrogens with zero attached hydrogens (tertiary/aromatic N) is 3. The molecule has 3 aromatic rings. The molecule has 0 bridgehead atoms. The van der Waals surface area contributed by atoms with Gasteiger partial charge in [-0.25, -0.2) is 23.5 Å². The third-order valence-corrected chi connectivity index (χ3v) is 5.90. The Morgan fingerprint density at radius 1 is 1.24 bits per heavy atom. The standard InChI is InChI=1S/C18H17ClF2N4S.C3H4O2.CO2/c19-16-8-15-17(22-10-23-18(15)26-16)24-14-1-3-25(4-2-14)9-11-5-12(20)7-13(21)6-11;1-2-3(4)5;2-1-3/h5-8,10,14H,1-4,9H2,(H,22,23,24);2H,1H2,(H,4,5);. The highest BCUT2D eigenvalue weighted by molar-refractivity contribution is 7.22. The van der Waals surface area contributed by atoms with Crippen molar-refractivity contribution in [1.29, 1.82) is 0 Å². The van der Waals surface area contributed by atoms with Gasteiger partial charge in [-0.15, -0.1) is 11.3 Å². The molecule has 0 saturated carbocycles. The van der Waals surface area contributed by atoms with Crippen molar-refractivity contribution in [1.82, 2.24) is 14.9 Å². The number of aromatic nitrogens is 2. The molecule has 3 heterocycles. The summed E-state index contributed by atoms with van der Waals surface area (Å²) in [7, 11) is 0. The Labute approximate surface area is 202 Å². The third-order valence-electron chi connectivity index (χ3n) is 4.73. The first kappa shape index (κ1) is 27.0. The zero-order valence-corrected chi connectivity index (χ0v) is 19.4. The van der Waals surface area contributed by atoms with Crippen LogP contribution in [0.1, 0.15) is 18.4 Å². The van der Waals surface area contributed by atoms with E-state index in [1.54, 1.807) is 6.33 Å². The molecule has 1 fully saturated rings. The van der Waals surface area contributed by atoms with Crippen molar-refractivity contribution in [3.63, 3.8) is 0 Å². The Balaban J connectivity index is 0.000000447. The molecule has 0 aliphatic carbocycles. The van der Waals surface area contributed by atoms with Crippen LogP contribution >= 0.6 is 22.9 Å². The Morgan fingerprint density at radius 2 is 1.82 bits per heavy atom. The lowest BCUT2D eigenvalue weighted by Gasteiger charge is -2.32. The first-order valence-corrected chi connectivity index (χ1v) is 11.1. The Morgan fingerprint density at radius 3 is 2.38 bits per heavy atom. The number of rotatable bonds is 5. The average molecular weight is 511 g/mol. The minimum Gasteiger partial charge on any atom is -0.478 e. The van der Waals surface area contributed by atoms with Crippen molar-refractivity contribution in [3.8, 4) is 0 Å². The van der Waals surface area contributed by atoms with E-state index in [1.165, 1.54) is 23.5 Å². The molecule has 0 spiro atoms. The number of carboxylic acids is 1. The van der Waals surface area contributed by atoms with E-state index < -0.39 is 17.6 Å². The molecule has 1 aliphatic heterocycles. The fourth-order valence-corrected chi connectivity index (χ4v) is 4.39. The number of carboxylic acid groups (broad SMARTS) is 1. The summed E-state index contributed by atoms with van der Waals surface area (Å²) in [5, 5.41) is 12.0. The van der Waals surface area contributed by atoms with Crippen molar-refractivity contribution in [3.05, 3.63) is 64.8 Å². The number of hydrogen-bond donors (Lipinski definition) is 2. The molecule has 0 amide bonds. The number of benzene rings is 1. The van der Waals surface area contributed by atoms with Crippen molar-refractivity contribution in [2.24, 2.45) is 0 Å². The third kappa shape index (κ3) is 8.60. The lowest BCUT2D eigenvalue weighted by atomic mass is 10.0. The molecule has 180 valence electrons. The van der Waals surface area contributed by atoms with E-state index in [4.69, 9.17) is 26.3 Å². The topological polar surface area (TPSA) is 112 Å². The van der Waals surface area contributed by atoms with Crippen molar-refractivity contribution >= 4 is 51.1 Å². The first-order chi connectivity index (χ1) is 16.2. The van der Waals surface area contributed by atoms with E-state index >= 15 is 0 Å². The molecule has 12 heteroatoms. The van der Waals surface area contributed by atoms with Gasteiger partial charge in [0.05, 0.1) is 9.72 Å². The number of halogens is 3. The second kappa shape index (κ2) is 13.5. The van der Waals surface area contributed by atoms with Gasteiger partial charge in [0.1, 0.15) is 28.6 Å². The predicted octanol–water partition coefficient (Wildman–Crippen LogP) is 4.37. The maximum atomic E-state index is 13.3. The highest BCUT2D eigenvalue weighted by atomic mass is 35.5. The van der Waals surface area contributed by atoms with Crippen molar-refractivity contribution in [2.75, 3.05) is 18.4 Å². The largest absolute Gasteiger partial charge is 0.478 e. The molecular weight excluding hydrogens is 490 g/mol. The van der Waals surface area contributed by atoms with Crippen LogP contribution in [-0.4, -0.2) is 51.2 Å². The summed E-state index contributed by atoms with van der Waals surface area (Å²) >= 11 is 7.52. The zero-order valence-electron chi connectivity index (χ0n) is 17.8. The highest BCUT2D eigenvalue weighted by Crippen LogP contribution is 2.32. The molecule has 0 atom stereocenters. The van der Waals surface area contributed by atoms with Crippen LogP contribution < -0.4 is 5.32 Å². The van der Waals surface area contributed by atoms with Gasteiger partial charge in [-0.1, -0.05) is 18.2 Å². The maximum Gasteiger partial charge on any atom is 0.373 e. The monoisotopic (exact) mass is 510 g/mol. The number of anilines is 1. The number of hydrogen-bond acceptors (Lipinski definition) is 8. The number of likely N-dealkylation sites (tertiary alicyclic amines) is 1. The smallest absolute Gasteiger partial charge is 0.373 e. The SMILES string of the molecule is C=CC(=O)O.Fc1cc(F)cc(CN2CCC(Nc3ncnc4sc(Cl)cc34)CC2)c1.O=C=O. The van der Waals surface area contributed by atoms with Gasteiger partial charge >= 0.3 is 12.1 Å². The second-order valence-corrected chi connectivity index (χ2v) is 8.75. The summed E-state index contributed by atoms with van der Waals surface area (Å²) in [5.74, 6) is -1.23. The molecule has 1 saturated heterocycles. The van der Waals surface area contributed by atoms with Crippen LogP contribution in [0.3, 0.4) is 0 Å². The highest BCUT2D eigenvalue weighted by Gasteiger charge is 2.21. The van der Waals surface area contributed by atoms with Gasteiger partial charge in [-0.3, -0.25) is 4.90 Å². The number of nitrogens with one attached hydrogen (secondary N) is 1. The number of aliphatic carboxylic acids is 1. The molecular formula is C22H21ClF2N4O4S. The fraction of sp³-hybridized carbons (Fsp3) is 0.273. The van der Waals surface area contributed by atoms with Gasteiger partial charge in [-0.2, -0.15) is 9.59 Å². The summed E-state index contributed by atoms with van der Waals surface area (Å²) in [6.07, 6.45) is 4.49. The van der Waals surface area contributed by atoms with Crippen LogP contribution in [-0.2, 0) is 20.9 Å². The average Bonchev–Trinajstić information content (AvgIpc) is 3.17. The van der Waals surface area contributed by atoms with Gasteiger partial charge in [0.25, 0.3) is 0 Å². The molecule has 2 N–H and O–H groups in total. The van der Waals surface area contributed by atoms with Gasteiger partial charge in [0, 0.05) is 37.8 Å². The Hall–Kier alpha value is -3.24. The van der Waals surface area contributed by atoms with Crippen LogP contribution in [0.25, 0.3) is 10.2 Å². The first-order valence-electron chi connectivity index (χ1n) is 9.94. The Kier molecular flexibility index (Phi) is 10.7. The zero-order chi connectivity index (χ0) is 25.1. The molecule has 34 heavy (non-hydrogen) atoms. The molecule has 0 radical (unpaired) electrons. The van der Waals surface area contributed by atoms with Gasteiger partial charge in [0.15, 0.2) is 0 Å². The van der Waals surface area contributed by atoms with E-state index in [1.807, 2.05) is 6.07 Å². The van der Waals surface area contributed by atoms with Crippen LogP contribution in [0.4, 0.5) is 14.6 Å². The van der Waals surface area contributed by atoms with Crippen LogP contribution in [0.15, 0.2) is 43.2 Å². The van der Waals surface area contributed by atoms with E-state index in [0.717, 1.165) is 54.1 Å². The summed E-state index contributed by atoms with van der Waals surface area (Å²) in [5.41, 5.74) is 0.666. The van der Waals surface area contributed by atoms with E-state index in [9.17, 15) is 13.6 Å². The maximum absolute atomic E-state index is 13.3. The molecule has 1 aliphatic rings. The molecule has 4 rings (SSSR count). The normalized spacial score (nSPS) is 13.6. The summed E-state index contributed by atoms with van der Waals surface area (Å²) in [6, 6.07) is 5.87. The van der Waals surface area contributed by atoms with Crippen molar-refractivity contribution in [2.45, 2.75) is 25.4 Å². The summed E-state index contributed by atoms with van der Waals surface area (Å²) in [4.78, 5) is 37.2. The van der Waals surface area contributed by atoms with Crippen LogP contribution in [0.5, 0.6) is 0 Å². The minimum atomic E-state index is -0.981. The van der Waals surface area contributed by atoms with Gasteiger partial charge < -0.3 is 10.4 Å². The summed E-state index contributed by atoms with van der Waals surface area (Å²) < 4.78 is 27.3. The number of carbonyl (C=O) groups excluding carboxylic acids is 2. The number of carbonyl (C=O) groups is 1. The summed E-state index contributed by atoms with van der Waals surface area (Å²) in [6.45, 7) is 5.23. The number of fused-ring (bicyclic) bond motifs is 1. The second-order valence-electron chi connectivity index (χ2n) is 7.09. The lowest BCUT2D eigenvalue weighted by molar-refractivity contribution is -0.191. The van der Waals surface area contributed by atoms with Gasteiger partial charge in [0.2, 0.25) is 0 Å². The molecule has 2 aromatic heterocycles. The lowest BCUT2D eigenvalue weighted by Crippen LogP contribution is -2.38. The van der Waals surface area contributed by atoms with Gasteiger partial charge in [-0.05, 0) is 36.6 Å². The molecule has 1 aromatic carbocycles. The molecule has 0 unspecified atom stereocenters. The minimum absolute atomic E-state index is 0.250. The quantitative estimate of drug-likeness (QED) is 0.486. The number of piperidine rings is 1. The van der Waals surface area contributed by atoms with E-state index in [2.05, 4.69) is 26.8 Å². The Bertz CT molecular complexity index is 1140. The van der Waals surface area contributed by atoms with Crippen molar-refractivity contribution < 1.29 is 28.3 Å². The molecule has 8 nitrogen and oxygen atoms in total. The van der Waals surface area contributed by atoms with Crippen LogP contribution in [0, 0.1) is 11.6 Å². The number of thiophene rings is 1. The van der Waals surface area contributed by atoms with E-state index in [0.29, 0.717) is 22.5 Å².